The number of benzene rings is 1. The third-order valence-corrected chi connectivity index (χ3v) is 3.13. The van der Waals surface area contributed by atoms with Crippen molar-refractivity contribution in [3.05, 3.63) is 29.3 Å². The highest BCUT2D eigenvalue weighted by Crippen LogP contribution is 2.31. The minimum atomic E-state index is -0.0605. The van der Waals surface area contributed by atoms with E-state index < -0.39 is 0 Å². The maximum Gasteiger partial charge on any atom is 0.126 e. The van der Waals surface area contributed by atoms with Crippen LogP contribution < -0.4 is 9.47 Å². The molecule has 106 valence electrons. The number of ether oxygens (including phenoxy) is 2. The van der Waals surface area contributed by atoms with E-state index in [-0.39, 0.29) is 6.61 Å². The molecule has 1 aromatic carbocycles. The fourth-order valence-electron chi connectivity index (χ4n) is 2.05. The van der Waals surface area contributed by atoms with Crippen molar-refractivity contribution in [3.63, 3.8) is 0 Å². The summed E-state index contributed by atoms with van der Waals surface area (Å²) in [5.41, 5.74) is 1.68. The van der Waals surface area contributed by atoms with Gasteiger partial charge in [0.25, 0.3) is 0 Å². The van der Waals surface area contributed by atoms with Gasteiger partial charge in [-0.3, -0.25) is 0 Å². The van der Waals surface area contributed by atoms with Crippen molar-refractivity contribution >= 4 is 6.08 Å². The van der Waals surface area contributed by atoms with Crippen molar-refractivity contribution < 1.29 is 14.6 Å². The number of allylic oxidation sites excluding steroid dienone is 1. The topological polar surface area (TPSA) is 38.7 Å². The highest BCUT2D eigenvalue weighted by Gasteiger charge is 2.11. The van der Waals surface area contributed by atoms with E-state index in [9.17, 15) is 5.11 Å². The molecule has 0 saturated carbocycles. The third-order valence-electron chi connectivity index (χ3n) is 3.13. The fraction of sp³-hybridized carbons (Fsp3) is 0.500. The van der Waals surface area contributed by atoms with Gasteiger partial charge in [0.2, 0.25) is 0 Å². The van der Waals surface area contributed by atoms with Crippen molar-refractivity contribution in [1.82, 2.24) is 0 Å². The number of aliphatic hydroxyl groups excluding tert-OH is 1. The number of aliphatic hydroxyl groups is 1. The number of hydrogen-bond donors (Lipinski definition) is 1. The van der Waals surface area contributed by atoms with Crippen LogP contribution in [0.5, 0.6) is 11.5 Å². The average molecular weight is 264 g/mol. The van der Waals surface area contributed by atoms with Crippen molar-refractivity contribution in [1.29, 1.82) is 0 Å². The molecule has 3 nitrogen and oxygen atoms in total. The quantitative estimate of drug-likeness (QED) is 0.726. The Morgan fingerprint density at radius 2 is 1.79 bits per heavy atom. The lowest BCUT2D eigenvalue weighted by Gasteiger charge is -2.13. The fourth-order valence-corrected chi connectivity index (χ4v) is 2.05. The first-order valence-corrected chi connectivity index (χ1v) is 6.79. The van der Waals surface area contributed by atoms with E-state index in [4.69, 9.17) is 9.47 Å². The van der Waals surface area contributed by atoms with E-state index in [1.54, 1.807) is 14.2 Å². The summed E-state index contributed by atoms with van der Waals surface area (Å²) >= 11 is 0. The minimum Gasteiger partial charge on any atom is -0.496 e. The molecular weight excluding hydrogens is 240 g/mol. The zero-order chi connectivity index (χ0) is 14.1. The summed E-state index contributed by atoms with van der Waals surface area (Å²) in [7, 11) is 3.24. The maximum absolute atomic E-state index is 9.52. The second-order valence-electron chi connectivity index (χ2n) is 4.42. The van der Waals surface area contributed by atoms with Crippen LogP contribution in [0.2, 0.25) is 0 Å². The van der Waals surface area contributed by atoms with Crippen LogP contribution in [-0.2, 0) is 6.61 Å². The van der Waals surface area contributed by atoms with Crippen molar-refractivity contribution in [2.24, 2.45) is 0 Å². The monoisotopic (exact) mass is 264 g/mol. The number of rotatable bonds is 8. The van der Waals surface area contributed by atoms with Crippen LogP contribution in [0, 0.1) is 0 Å². The molecule has 1 N–H and O–H groups in total. The van der Waals surface area contributed by atoms with Crippen molar-refractivity contribution in [2.75, 3.05) is 14.2 Å². The van der Waals surface area contributed by atoms with Gasteiger partial charge in [0.1, 0.15) is 11.5 Å². The van der Waals surface area contributed by atoms with Gasteiger partial charge in [-0.2, -0.15) is 0 Å². The van der Waals surface area contributed by atoms with Crippen LogP contribution >= 0.6 is 0 Å². The first kappa shape index (κ1) is 15.6. The lowest BCUT2D eigenvalue weighted by Crippen LogP contribution is -1.98. The molecule has 0 unspecified atom stereocenters. The summed E-state index contributed by atoms with van der Waals surface area (Å²) < 4.78 is 10.6. The van der Waals surface area contributed by atoms with Gasteiger partial charge in [-0.1, -0.05) is 31.9 Å². The normalized spacial score (nSPS) is 10.9. The standard InChI is InChI=1S/C16H24O3/c1-4-5-6-7-8-9-13-14(12-17)16(19-3)11-10-15(13)18-2/h8-11,17H,4-7,12H2,1-3H3. The Morgan fingerprint density at radius 1 is 1.11 bits per heavy atom. The van der Waals surface area contributed by atoms with Gasteiger partial charge in [0.05, 0.1) is 20.8 Å². The molecule has 1 aromatic rings. The zero-order valence-electron chi connectivity index (χ0n) is 12.1. The molecule has 0 saturated heterocycles. The van der Waals surface area contributed by atoms with Crippen LogP contribution in [0.1, 0.15) is 43.7 Å². The Hall–Kier alpha value is -1.48. The molecule has 0 atom stereocenters. The van der Waals surface area contributed by atoms with Gasteiger partial charge in [-0.25, -0.2) is 0 Å². The largest absolute Gasteiger partial charge is 0.496 e. The Labute approximate surface area is 115 Å². The van der Waals surface area contributed by atoms with Crippen LogP contribution in [-0.4, -0.2) is 19.3 Å². The highest BCUT2D eigenvalue weighted by molar-refractivity contribution is 5.64. The molecule has 0 heterocycles. The van der Waals surface area contributed by atoms with Gasteiger partial charge in [0.15, 0.2) is 0 Å². The summed E-state index contributed by atoms with van der Waals surface area (Å²) in [4.78, 5) is 0. The molecule has 19 heavy (non-hydrogen) atoms. The lowest BCUT2D eigenvalue weighted by atomic mass is 10.0. The molecule has 0 aliphatic heterocycles. The van der Waals surface area contributed by atoms with Crippen LogP contribution in [0.25, 0.3) is 6.08 Å². The van der Waals surface area contributed by atoms with E-state index in [1.807, 2.05) is 18.2 Å². The number of unbranched alkanes of at least 4 members (excludes halogenated alkanes) is 3. The van der Waals surface area contributed by atoms with E-state index in [2.05, 4.69) is 13.0 Å². The SMILES string of the molecule is CCCCCC=Cc1c(OC)ccc(OC)c1CO. The third kappa shape index (κ3) is 4.28. The second-order valence-corrected chi connectivity index (χ2v) is 4.42. The van der Waals surface area contributed by atoms with Gasteiger partial charge >= 0.3 is 0 Å². The maximum atomic E-state index is 9.52. The first-order chi connectivity index (χ1) is 9.28. The summed E-state index contributed by atoms with van der Waals surface area (Å²) in [6.07, 6.45) is 8.84. The van der Waals surface area contributed by atoms with Crippen LogP contribution in [0.4, 0.5) is 0 Å². The predicted octanol–water partition coefficient (Wildman–Crippen LogP) is 3.79. The minimum absolute atomic E-state index is 0.0605. The molecule has 0 bridgehead atoms. The summed E-state index contributed by atoms with van der Waals surface area (Å²) in [6.45, 7) is 2.13. The average Bonchev–Trinajstić information content (AvgIpc) is 2.46. The molecule has 0 aliphatic carbocycles. The molecular formula is C16H24O3. The molecule has 0 radical (unpaired) electrons. The summed E-state index contributed by atoms with van der Waals surface area (Å²) in [6, 6.07) is 3.68. The Kier molecular flexibility index (Phi) is 7.04. The smallest absolute Gasteiger partial charge is 0.126 e. The Bertz CT molecular complexity index is 411. The molecule has 3 heteroatoms. The van der Waals surface area contributed by atoms with Crippen LogP contribution in [0.3, 0.4) is 0 Å². The van der Waals surface area contributed by atoms with Gasteiger partial charge in [-0.05, 0) is 25.0 Å². The summed E-state index contributed by atoms with van der Waals surface area (Å²) in [5, 5.41) is 9.52. The van der Waals surface area contributed by atoms with Gasteiger partial charge in [-0.15, -0.1) is 0 Å². The van der Waals surface area contributed by atoms with Crippen LogP contribution in [0.15, 0.2) is 18.2 Å². The van der Waals surface area contributed by atoms with E-state index in [0.717, 1.165) is 23.3 Å². The number of hydrogen-bond acceptors (Lipinski definition) is 3. The van der Waals surface area contributed by atoms with Crippen molar-refractivity contribution in [2.45, 2.75) is 39.2 Å². The molecule has 0 fully saturated rings. The Morgan fingerprint density at radius 3 is 2.37 bits per heavy atom. The molecule has 0 spiro atoms. The molecule has 1 rings (SSSR count). The van der Waals surface area contributed by atoms with Gasteiger partial charge < -0.3 is 14.6 Å². The number of methoxy groups -OCH3 is 2. The highest BCUT2D eigenvalue weighted by atomic mass is 16.5. The molecule has 0 amide bonds. The first-order valence-electron chi connectivity index (χ1n) is 6.79. The predicted molar refractivity (Wildman–Crippen MR) is 78.6 cm³/mol. The van der Waals surface area contributed by atoms with E-state index in [0.29, 0.717) is 5.75 Å². The van der Waals surface area contributed by atoms with Crippen molar-refractivity contribution in [3.8, 4) is 11.5 Å². The lowest BCUT2D eigenvalue weighted by molar-refractivity contribution is 0.272. The second kappa shape index (κ2) is 8.59. The van der Waals surface area contributed by atoms with E-state index in [1.165, 1.54) is 19.3 Å². The molecule has 0 aromatic heterocycles. The zero-order valence-corrected chi connectivity index (χ0v) is 12.1. The van der Waals surface area contributed by atoms with Gasteiger partial charge in [0, 0.05) is 11.1 Å². The Balaban J connectivity index is 2.94. The summed E-state index contributed by atoms with van der Waals surface area (Å²) in [5.74, 6) is 1.45. The van der Waals surface area contributed by atoms with E-state index >= 15 is 0 Å². The molecule has 0 aliphatic rings.